The summed E-state index contributed by atoms with van der Waals surface area (Å²) in [5.74, 6) is 0.537. The molecule has 0 bridgehead atoms. The Morgan fingerprint density at radius 2 is 2.00 bits per heavy atom. The van der Waals surface area contributed by atoms with Gasteiger partial charge in [0.2, 0.25) is 5.91 Å². The molecule has 23 heavy (non-hydrogen) atoms. The molecule has 0 aliphatic carbocycles. The van der Waals surface area contributed by atoms with E-state index >= 15 is 0 Å². The molecule has 0 unspecified atom stereocenters. The lowest BCUT2D eigenvalue weighted by atomic mass is 10.2. The Balaban J connectivity index is 1.72. The fraction of sp³-hybridized carbons (Fsp3) is 0.611. The number of benzene rings is 1. The van der Waals surface area contributed by atoms with Crippen molar-refractivity contribution in [3.63, 3.8) is 0 Å². The molecule has 1 aliphatic heterocycles. The van der Waals surface area contributed by atoms with E-state index in [-0.39, 0.29) is 5.91 Å². The normalized spacial score (nSPS) is 15.9. The third-order valence-electron chi connectivity index (χ3n) is 4.06. The molecule has 1 aromatic carbocycles. The number of ether oxygens (including phenoxy) is 1. The van der Waals surface area contributed by atoms with Crippen LogP contribution >= 0.6 is 0 Å². The van der Waals surface area contributed by atoms with Crippen LogP contribution in [0.4, 0.5) is 0 Å². The number of carbonyl (C=O) groups is 1. The lowest BCUT2D eigenvalue weighted by Gasteiger charge is -2.20. The van der Waals surface area contributed by atoms with Gasteiger partial charge in [0.25, 0.3) is 0 Å². The van der Waals surface area contributed by atoms with E-state index < -0.39 is 6.61 Å². The van der Waals surface area contributed by atoms with Gasteiger partial charge in [-0.1, -0.05) is 25.0 Å². The zero-order valence-electron chi connectivity index (χ0n) is 13.8. The van der Waals surface area contributed by atoms with Gasteiger partial charge < -0.3 is 15.2 Å². The number of hydrogen-bond donors (Lipinski definition) is 2. The molecule has 2 rings (SSSR count). The zero-order chi connectivity index (χ0) is 16.3. The van der Waals surface area contributed by atoms with Gasteiger partial charge in [0.15, 0.2) is 0 Å². The van der Waals surface area contributed by atoms with Crippen molar-refractivity contribution in [3.05, 3.63) is 29.8 Å². The lowest BCUT2D eigenvalue weighted by molar-refractivity contribution is -0.123. The monoisotopic (exact) mass is 320 g/mol. The molecule has 5 nitrogen and oxygen atoms in total. The standard InChI is InChI=1S/C18H28N2O3/c21-15-18(22)19-9-6-12-23-17-8-5-7-16(13-17)14-20-10-3-1-2-4-11-20/h5,7-8,13,21H,1-4,6,9-12,14-15H2,(H,19,22). The molecule has 0 spiro atoms. The quantitative estimate of drug-likeness (QED) is 0.719. The van der Waals surface area contributed by atoms with E-state index in [1.807, 2.05) is 12.1 Å². The minimum Gasteiger partial charge on any atom is -0.494 e. The van der Waals surface area contributed by atoms with Crippen LogP contribution in [0.3, 0.4) is 0 Å². The summed E-state index contributed by atoms with van der Waals surface area (Å²) < 4.78 is 5.74. The van der Waals surface area contributed by atoms with Gasteiger partial charge in [-0.2, -0.15) is 0 Å². The Hall–Kier alpha value is -1.59. The first-order valence-electron chi connectivity index (χ1n) is 8.59. The molecular weight excluding hydrogens is 292 g/mol. The van der Waals surface area contributed by atoms with Crippen molar-refractivity contribution in [3.8, 4) is 5.75 Å². The van der Waals surface area contributed by atoms with Crippen molar-refractivity contribution in [1.29, 1.82) is 0 Å². The Morgan fingerprint density at radius 3 is 2.74 bits per heavy atom. The average Bonchev–Trinajstić information content (AvgIpc) is 2.83. The van der Waals surface area contributed by atoms with Crippen LogP contribution in [0.5, 0.6) is 5.75 Å². The van der Waals surface area contributed by atoms with Crippen LogP contribution in [0, 0.1) is 0 Å². The summed E-state index contributed by atoms with van der Waals surface area (Å²) in [6.45, 7) is 3.99. The van der Waals surface area contributed by atoms with E-state index in [4.69, 9.17) is 9.84 Å². The number of likely N-dealkylation sites (tertiary alicyclic amines) is 1. The number of hydrogen-bond acceptors (Lipinski definition) is 4. The summed E-state index contributed by atoms with van der Waals surface area (Å²) in [5.41, 5.74) is 1.29. The number of carbonyl (C=O) groups excluding carboxylic acids is 1. The Kier molecular flexibility index (Phi) is 7.90. The second kappa shape index (κ2) is 10.2. The predicted molar refractivity (Wildman–Crippen MR) is 90.4 cm³/mol. The predicted octanol–water partition coefficient (Wildman–Crippen LogP) is 1.94. The van der Waals surface area contributed by atoms with Crippen LogP contribution < -0.4 is 10.1 Å². The van der Waals surface area contributed by atoms with Crippen LogP contribution in [0.15, 0.2) is 24.3 Å². The van der Waals surface area contributed by atoms with Gasteiger partial charge in [-0.15, -0.1) is 0 Å². The van der Waals surface area contributed by atoms with Crippen molar-refractivity contribution in [2.45, 2.75) is 38.6 Å². The minimum absolute atomic E-state index is 0.343. The molecule has 0 aromatic heterocycles. The van der Waals surface area contributed by atoms with Gasteiger partial charge in [-0.05, 0) is 50.0 Å². The van der Waals surface area contributed by atoms with Crippen molar-refractivity contribution in [2.24, 2.45) is 0 Å². The van der Waals surface area contributed by atoms with Crippen molar-refractivity contribution in [1.82, 2.24) is 10.2 Å². The van der Waals surface area contributed by atoms with Crippen LogP contribution in [0.25, 0.3) is 0 Å². The highest BCUT2D eigenvalue weighted by atomic mass is 16.5. The number of rotatable bonds is 8. The lowest BCUT2D eigenvalue weighted by Crippen LogP contribution is -2.28. The molecular formula is C18H28N2O3. The largest absolute Gasteiger partial charge is 0.494 e. The summed E-state index contributed by atoms with van der Waals surface area (Å²) in [5, 5.41) is 11.2. The van der Waals surface area contributed by atoms with E-state index in [2.05, 4.69) is 22.3 Å². The maximum absolute atomic E-state index is 10.9. The molecule has 1 saturated heterocycles. The third-order valence-corrected chi connectivity index (χ3v) is 4.06. The SMILES string of the molecule is O=C(CO)NCCCOc1cccc(CN2CCCCCC2)c1. The van der Waals surface area contributed by atoms with E-state index in [1.54, 1.807) is 0 Å². The first kappa shape index (κ1) is 17.8. The van der Waals surface area contributed by atoms with E-state index in [0.717, 1.165) is 18.7 Å². The van der Waals surface area contributed by atoms with Crippen molar-refractivity contribution in [2.75, 3.05) is 32.8 Å². The van der Waals surface area contributed by atoms with Crippen LogP contribution in [0.1, 0.15) is 37.7 Å². The Labute approximate surface area is 138 Å². The van der Waals surface area contributed by atoms with Gasteiger partial charge >= 0.3 is 0 Å². The molecule has 1 aliphatic rings. The fourth-order valence-electron chi connectivity index (χ4n) is 2.83. The molecule has 1 heterocycles. The summed E-state index contributed by atoms with van der Waals surface area (Å²) >= 11 is 0. The molecule has 1 aromatic rings. The number of aliphatic hydroxyl groups excluding tert-OH is 1. The molecule has 0 atom stereocenters. The number of nitrogens with one attached hydrogen (secondary N) is 1. The summed E-state index contributed by atoms with van der Waals surface area (Å²) in [6, 6.07) is 8.27. The molecule has 2 N–H and O–H groups in total. The van der Waals surface area contributed by atoms with E-state index in [0.29, 0.717) is 13.2 Å². The molecule has 1 fully saturated rings. The second-order valence-corrected chi connectivity index (χ2v) is 6.05. The van der Waals surface area contributed by atoms with Crippen LogP contribution in [-0.2, 0) is 11.3 Å². The van der Waals surface area contributed by atoms with Gasteiger partial charge in [-0.25, -0.2) is 0 Å². The zero-order valence-corrected chi connectivity index (χ0v) is 13.8. The smallest absolute Gasteiger partial charge is 0.245 e. The maximum Gasteiger partial charge on any atom is 0.245 e. The second-order valence-electron chi connectivity index (χ2n) is 6.05. The van der Waals surface area contributed by atoms with E-state index in [1.165, 1.54) is 44.3 Å². The number of nitrogens with zero attached hydrogens (tertiary/aromatic N) is 1. The number of amides is 1. The third kappa shape index (κ3) is 7.01. The van der Waals surface area contributed by atoms with Crippen molar-refractivity contribution >= 4 is 5.91 Å². The highest BCUT2D eigenvalue weighted by Crippen LogP contribution is 2.17. The molecule has 1 amide bonds. The highest BCUT2D eigenvalue weighted by Gasteiger charge is 2.09. The first-order chi connectivity index (χ1) is 11.3. The molecule has 128 valence electrons. The van der Waals surface area contributed by atoms with Crippen LogP contribution in [-0.4, -0.2) is 48.8 Å². The summed E-state index contributed by atoms with van der Waals surface area (Å²) in [6.07, 6.45) is 6.03. The topological polar surface area (TPSA) is 61.8 Å². The molecule has 0 radical (unpaired) electrons. The first-order valence-corrected chi connectivity index (χ1v) is 8.59. The molecule has 5 heteroatoms. The van der Waals surface area contributed by atoms with Crippen molar-refractivity contribution < 1.29 is 14.6 Å². The van der Waals surface area contributed by atoms with Crippen LogP contribution in [0.2, 0.25) is 0 Å². The van der Waals surface area contributed by atoms with Gasteiger partial charge in [0, 0.05) is 13.1 Å². The van der Waals surface area contributed by atoms with E-state index in [9.17, 15) is 4.79 Å². The van der Waals surface area contributed by atoms with Gasteiger partial charge in [-0.3, -0.25) is 9.69 Å². The summed E-state index contributed by atoms with van der Waals surface area (Å²) in [7, 11) is 0. The van der Waals surface area contributed by atoms with Gasteiger partial charge in [0.05, 0.1) is 6.61 Å². The minimum atomic E-state index is -0.459. The number of aliphatic hydroxyl groups is 1. The summed E-state index contributed by atoms with van der Waals surface area (Å²) in [4.78, 5) is 13.4. The maximum atomic E-state index is 10.9. The van der Waals surface area contributed by atoms with Gasteiger partial charge in [0.1, 0.15) is 12.4 Å². The highest BCUT2D eigenvalue weighted by molar-refractivity contribution is 5.76. The molecule has 0 saturated carbocycles. The fourth-order valence-corrected chi connectivity index (χ4v) is 2.83. The Morgan fingerprint density at radius 1 is 1.22 bits per heavy atom. The average molecular weight is 320 g/mol. The Bertz CT molecular complexity index is 471.